The van der Waals surface area contributed by atoms with Crippen molar-refractivity contribution < 1.29 is 9.53 Å². The van der Waals surface area contributed by atoms with E-state index in [1.807, 2.05) is 47.7 Å². The van der Waals surface area contributed by atoms with Crippen molar-refractivity contribution in [2.24, 2.45) is 0 Å². The van der Waals surface area contributed by atoms with Crippen molar-refractivity contribution >= 4 is 17.5 Å². The lowest BCUT2D eigenvalue weighted by Crippen LogP contribution is -2.44. The van der Waals surface area contributed by atoms with E-state index in [2.05, 4.69) is 11.2 Å². The highest BCUT2D eigenvalue weighted by molar-refractivity contribution is 6.30. The summed E-state index contributed by atoms with van der Waals surface area (Å²) in [5.41, 5.74) is 3.64. The second-order valence-electron chi connectivity index (χ2n) is 7.05. The van der Waals surface area contributed by atoms with Crippen molar-refractivity contribution in [3.05, 3.63) is 46.2 Å². The molecule has 2 aromatic rings. The highest BCUT2D eigenvalue weighted by atomic mass is 35.5. The van der Waals surface area contributed by atoms with Gasteiger partial charge in [-0.25, -0.2) is 4.68 Å². The van der Waals surface area contributed by atoms with E-state index in [0.29, 0.717) is 31.2 Å². The van der Waals surface area contributed by atoms with Crippen LogP contribution in [0.2, 0.25) is 5.02 Å². The Morgan fingerprint density at radius 3 is 2.64 bits per heavy atom. The number of carbonyl (C=O) groups is 1. The van der Waals surface area contributed by atoms with Gasteiger partial charge in [-0.15, -0.1) is 0 Å². The third kappa shape index (κ3) is 4.54. The lowest BCUT2D eigenvalue weighted by atomic mass is 10.0. The van der Waals surface area contributed by atoms with Crippen LogP contribution in [0.15, 0.2) is 24.3 Å². The number of hydrogen-bond acceptors (Lipinski definition) is 4. The Morgan fingerprint density at radius 2 is 2.00 bits per heavy atom. The molecule has 0 atom stereocenters. The number of aryl methyl sites for hydroxylation is 1. The molecule has 1 aliphatic heterocycles. The standard InChI is InChI=1S/C21H25ClN4O2/c1-15-20(16(2)26(24-15)19-6-4-17(22)5-7-19)14-21(27)25(11-3-10-23)18-8-12-28-13-9-18/h4-7,18H,3,8-9,11-14H2,1-2H3. The van der Waals surface area contributed by atoms with Gasteiger partial charge in [-0.3, -0.25) is 4.79 Å². The van der Waals surface area contributed by atoms with E-state index < -0.39 is 0 Å². The van der Waals surface area contributed by atoms with Crippen LogP contribution in [0.5, 0.6) is 0 Å². The first-order valence-corrected chi connectivity index (χ1v) is 9.94. The van der Waals surface area contributed by atoms with Gasteiger partial charge in [-0.05, 0) is 51.0 Å². The van der Waals surface area contributed by atoms with Crippen LogP contribution in [-0.4, -0.2) is 46.4 Å². The minimum absolute atomic E-state index is 0.0454. The summed E-state index contributed by atoms with van der Waals surface area (Å²) >= 11 is 5.98. The molecule has 0 aliphatic carbocycles. The summed E-state index contributed by atoms with van der Waals surface area (Å²) in [5.74, 6) is 0.0454. The van der Waals surface area contributed by atoms with Gasteiger partial charge in [0.1, 0.15) is 0 Å². The van der Waals surface area contributed by atoms with Gasteiger partial charge in [-0.2, -0.15) is 10.4 Å². The average Bonchev–Trinajstić information content (AvgIpc) is 2.98. The fraction of sp³-hybridized carbons (Fsp3) is 0.476. The fourth-order valence-corrected chi connectivity index (χ4v) is 3.82. The van der Waals surface area contributed by atoms with Crippen LogP contribution in [0.25, 0.3) is 5.69 Å². The molecule has 6 nitrogen and oxygen atoms in total. The zero-order valence-corrected chi connectivity index (χ0v) is 17.1. The van der Waals surface area contributed by atoms with Crippen LogP contribution in [-0.2, 0) is 16.0 Å². The van der Waals surface area contributed by atoms with E-state index in [-0.39, 0.29) is 18.4 Å². The summed E-state index contributed by atoms with van der Waals surface area (Å²) in [7, 11) is 0. The van der Waals surface area contributed by atoms with Gasteiger partial charge in [-0.1, -0.05) is 11.6 Å². The molecule has 28 heavy (non-hydrogen) atoms. The van der Waals surface area contributed by atoms with Gasteiger partial charge in [0.2, 0.25) is 5.91 Å². The molecule has 1 saturated heterocycles. The van der Waals surface area contributed by atoms with Crippen LogP contribution in [0.1, 0.15) is 36.2 Å². The molecule has 0 N–H and O–H groups in total. The van der Waals surface area contributed by atoms with Crippen molar-refractivity contribution in [3.63, 3.8) is 0 Å². The monoisotopic (exact) mass is 400 g/mol. The molecule has 2 heterocycles. The molecule has 7 heteroatoms. The number of hydrogen-bond donors (Lipinski definition) is 0. The predicted molar refractivity (Wildman–Crippen MR) is 108 cm³/mol. The maximum absolute atomic E-state index is 13.1. The van der Waals surface area contributed by atoms with Crippen molar-refractivity contribution in [1.82, 2.24) is 14.7 Å². The zero-order valence-electron chi connectivity index (χ0n) is 16.3. The third-order valence-corrected chi connectivity index (χ3v) is 5.51. The number of amides is 1. The maximum atomic E-state index is 13.1. The van der Waals surface area contributed by atoms with Gasteiger partial charge < -0.3 is 9.64 Å². The number of carbonyl (C=O) groups excluding carboxylic acids is 1. The first-order chi connectivity index (χ1) is 13.5. The largest absolute Gasteiger partial charge is 0.381 e. The molecule has 0 saturated carbocycles. The molecule has 1 aromatic carbocycles. The van der Waals surface area contributed by atoms with Crippen LogP contribution < -0.4 is 0 Å². The fourth-order valence-electron chi connectivity index (χ4n) is 3.70. The average molecular weight is 401 g/mol. The summed E-state index contributed by atoms with van der Waals surface area (Å²) in [6.07, 6.45) is 2.26. The van der Waals surface area contributed by atoms with E-state index in [1.54, 1.807) is 0 Å². The first kappa shape index (κ1) is 20.4. The normalized spacial score (nSPS) is 14.6. The maximum Gasteiger partial charge on any atom is 0.227 e. The SMILES string of the molecule is Cc1nn(-c2ccc(Cl)cc2)c(C)c1CC(=O)N(CCC#N)C1CCOCC1. The number of rotatable bonds is 6. The molecule has 1 aromatic heterocycles. The van der Waals surface area contributed by atoms with Crippen molar-refractivity contribution in [3.8, 4) is 11.8 Å². The van der Waals surface area contributed by atoms with Crippen LogP contribution in [0, 0.1) is 25.2 Å². The van der Waals surface area contributed by atoms with E-state index in [1.165, 1.54) is 0 Å². The summed E-state index contributed by atoms with van der Waals surface area (Å²) in [5, 5.41) is 14.3. The van der Waals surface area contributed by atoms with Crippen LogP contribution in [0.3, 0.4) is 0 Å². The van der Waals surface area contributed by atoms with E-state index in [9.17, 15) is 4.79 Å². The molecular weight excluding hydrogens is 376 g/mol. The minimum atomic E-state index is 0.0454. The Labute approximate surface area is 170 Å². The molecule has 0 bridgehead atoms. The van der Waals surface area contributed by atoms with Gasteiger partial charge in [0, 0.05) is 42.1 Å². The van der Waals surface area contributed by atoms with Crippen LogP contribution >= 0.6 is 11.6 Å². The number of halogens is 1. The van der Waals surface area contributed by atoms with Gasteiger partial charge in [0.05, 0.1) is 30.3 Å². The Morgan fingerprint density at radius 1 is 1.32 bits per heavy atom. The number of nitrogens with zero attached hydrogens (tertiary/aromatic N) is 4. The minimum Gasteiger partial charge on any atom is -0.381 e. The molecular formula is C21H25ClN4O2. The highest BCUT2D eigenvalue weighted by Crippen LogP contribution is 2.22. The molecule has 1 aliphatic rings. The molecule has 1 fully saturated rings. The topological polar surface area (TPSA) is 71.2 Å². The number of benzene rings is 1. The van der Waals surface area contributed by atoms with E-state index in [4.69, 9.17) is 21.6 Å². The molecule has 0 radical (unpaired) electrons. The Bertz CT molecular complexity index is 864. The molecule has 3 rings (SSSR count). The second kappa shape index (κ2) is 9.22. The lowest BCUT2D eigenvalue weighted by Gasteiger charge is -2.34. The smallest absolute Gasteiger partial charge is 0.227 e. The summed E-state index contributed by atoms with van der Waals surface area (Å²) in [6.45, 7) is 5.69. The molecule has 1 amide bonds. The summed E-state index contributed by atoms with van der Waals surface area (Å²) in [6, 6.07) is 9.77. The lowest BCUT2D eigenvalue weighted by molar-refractivity contribution is -0.134. The Balaban J connectivity index is 1.81. The van der Waals surface area contributed by atoms with E-state index >= 15 is 0 Å². The van der Waals surface area contributed by atoms with Gasteiger partial charge in [0.25, 0.3) is 0 Å². The van der Waals surface area contributed by atoms with Crippen molar-refractivity contribution in [2.75, 3.05) is 19.8 Å². The Kier molecular flexibility index (Phi) is 6.71. The van der Waals surface area contributed by atoms with E-state index in [0.717, 1.165) is 35.5 Å². The van der Waals surface area contributed by atoms with Crippen molar-refractivity contribution in [2.45, 2.75) is 45.6 Å². The van der Waals surface area contributed by atoms with Crippen molar-refractivity contribution in [1.29, 1.82) is 5.26 Å². The van der Waals surface area contributed by atoms with Gasteiger partial charge >= 0.3 is 0 Å². The highest BCUT2D eigenvalue weighted by Gasteiger charge is 2.27. The van der Waals surface area contributed by atoms with Gasteiger partial charge in [0.15, 0.2) is 0 Å². The second-order valence-corrected chi connectivity index (χ2v) is 7.49. The molecule has 0 spiro atoms. The predicted octanol–water partition coefficient (Wildman–Crippen LogP) is 3.61. The molecule has 148 valence electrons. The third-order valence-electron chi connectivity index (χ3n) is 5.26. The van der Waals surface area contributed by atoms with Crippen LogP contribution in [0.4, 0.5) is 0 Å². The molecule has 0 unspecified atom stereocenters. The quantitative estimate of drug-likeness (QED) is 0.742. The summed E-state index contributed by atoms with van der Waals surface area (Å²) in [4.78, 5) is 15.0. The number of aromatic nitrogens is 2. The first-order valence-electron chi connectivity index (χ1n) is 9.56. The summed E-state index contributed by atoms with van der Waals surface area (Å²) < 4.78 is 7.28. The number of nitriles is 1. The number of ether oxygens (including phenoxy) is 1. The Hall–Kier alpha value is -2.36. The zero-order chi connectivity index (χ0) is 20.1.